The summed E-state index contributed by atoms with van der Waals surface area (Å²) in [7, 11) is 0. The second-order valence-corrected chi connectivity index (χ2v) is 2.18. The summed E-state index contributed by atoms with van der Waals surface area (Å²) >= 11 is 5.29. The Hall–Kier alpha value is 0.422. The molecule has 0 heterocycles. The summed E-state index contributed by atoms with van der Waals surface area (Å²) in [6.07, 6.45) is 0. The van der Waals surface area contributed by atoms with Gasteiger partial charge in [-0.3, -0.25) is 0 Å². The number of hydrogen-bond donors (Lipinski definition) is 0. The van der Waals surface area contributed by atoms with Gasteiger partial charge in [0.15, 0.2) is 0 Å². The zero-order valence-corrected chi connectivity index (χ0v) is 8.72. The Morgan fingerprint density at radius 2 is 2.29 bits per heavy atom. The maximum atomic E-state index is 10.1. The molecule has 0 aromatic carbocycles. The van der Waals surface area contributed by atoms with Crippen molar-refractivity contribution in [2.75, 3.05) is 0 Å². The molecule has 0 saturated carbocycles. The predicted molar refractivity (Wildman–Crippen MR) is 26.8 cm³/mol. The van der Waals surface area contributed by atoms with Gasteiger partial charge in [0.05, 0.1) is 0 Å². The Morgan fingerprint density at radius 3 is 2.29 bits per heavy atom. The molecule has 36 valence electrons. The average molecular weight is 310 g/mol. The third kappa shape index (κ3) is 3.04. The molecule has 0 radical (unpaired) electrons. The van der Waals surface area contributed by atoms with Gasteiger partial charge in [-0.05, 0) is 0 Å². The van der Waals surface area contributed by atoms with Crippen LogP contribution in [-0.2, 0) is 7.48 Å². The molecule has 0 aliphatic carbocycles. The van der Waals surface area contributed by atoms with Crippen LogP contribution in [-0.4, -0.2) is 32.2 Å². The van der Waals surface area contributed by atoms with Crippen LogP contribution in [0.4, 0.5) is 0 Å². The molecule has 0 aromatic rings. The Kier molecular flexibility index (Phi) is 3.63. The van der Waals surface area contributed by atoms with E-state index in [0.29, 0.717) is 0 Å². The van der Waals surface area contributed by atoms with Crippen LogP contribution in [0.5, 0.6) is 0 Å². The van der Waals surface area contributed by atoms with E-state index in [9.17, 15) is 4.79 Å². The molecule has 0 saturated heterocycles. The summed E-state index contributed by atoms with van der Waals surface area (Å²) in [5, 5.41) is -0.0532. The van der Waals surface area contributed by atoms with Crippen molar-refractivity contribution in [2.24, 2.45) is 0 Å². The van der Waals surface area contributed by atoms with Crippen LogP contribution in [0, 0.1) is 0 Å². The fraction of sp³-hybridized carbons (Fsp3) is 0. The van der Waals surface area contributed by atoms with E-state index in [1.165, 1.54) is 0 Å². The second-order valence-electron chi connectivity index (χ2n) is 0.810. The molecule has 0 aromatic heterocycles. The Balaban J connectivity index is 3.58. The van der Waals surface area contributed by atoms with Gasteiger partial charge in [0.25, 0.3) is 0 Å². The minimum atomic E-state index is -0.508. The number of halogens is 1. The molecule has 0 aliphatic rings. The molecule has 0 amide bonds. The molecule has 0 unspecified atom stereocenters. The van der Waals surface area contributed by atoms with Crippen LogP contribution in [0.3, 0.4) is 0 Å². The molecule has 0 fully saturated rings. The molecule has 0 rings (SSSR count). The van der Waals surface area contributed by atoms with Gasteiger partial charge in [0.1, 0.15) is 0 Å². The van der Waals surface area contributed by atoms with E-state index < -0.39 is 5.97 Å². The van der Waals surface area contributed by atoms with E-state index in [1.54, 1.807) is 0 Å². The maximum absolute atomic E-state index is 10.1. The molecule has 0 atom stereocenters. The van der Waals surface area contributed by atoms with Crippen LogP contribution in [0.2, 0.25) is 0 Å². The molecular weight excluding hydrogens is 308 g/mol. The first-order valence-electron chi connectivity index (χ1n) is 1.44. The summed E-state index contributed by atoms with van der Waals surface area (Å²) < 4.78 is 4.31. The molecule has 0 spiro atoms. The fourth-order valence-corrected chi connectivity index (χ4v) is 0.952. The van der Waals surface area contributed by atoms with Crippen LogP contribution in [0.15, 0.2) is 11.6 Å². The van der Waals surface area contributed by atoms with Crippen molar-refractivity contribution in [1.82, 2.24) is 0 Å². The van der Waals surface area contributed by atoms with Gasteiger partial charge in [0, 0.05) is 0 Å². The molecule has 2 nitrogen and oxygen atoms in total. The molecule has 0 N–H and O–H groups in total. The molecule has 7 heavy (non-hydrogen) atoms. The Morgan fingerprint density at radius 1 is 1.86 bits per heavy atom. The summed E-state index contributed by atoms with van der Waals surface area (Å²) in [6.45, 7) is 3.14. The quantitative estimate of drug-likeness (QED) is 0.517. The summed E-state index contributed by atoms with van der Waals surface area (Å²) in [5.41, 5.74) is 0. The molecular formula is C3H2ClO2Tl. The number of rotatable bonds is 1. The first kappa shape index (κ1) is 7.42. The molecule has 0 bridgehead atoms. The Labute approximate surface area is 62.8 Å². The monoisotopic (exact) mass is 310 g/mol. The van der Waals surface area contributed by atoms with Crippen molar-refractivity contribution in [3.05, 3.63) is 11.6 Å². The number of carbonyl (C=O) groups excluding carboxylic acids is 1. The topological polar surface area (TPSA) is 26.3 Å². The summed E-state index contributed by atoms with van der Waals surface area (Å²) in [4.78, 5) is 10.1. The van der Waals surface area contributed by atoms with Gasteiger partial charge in [0.2, 0.25) is 0 Å². The summed E-state index contributed by atoms with van der Waals surface area (Å²) in [5.74, 6) is -0.508. The molecule has 0 aliphatic heterocycles. The van der Waals surface area contributed by atoms with Crippen molar-refractivity contribution in [3.63, 3.8) is 0 Å². The Bertz CT molecular complexity index is 101. The average Bonchev–Trinajstić information content (AvgIpc) is 1.65. The van der Waals surface area contributed by atoms with Gasteiger partial charge >= 0.3 is 62.9 Å². The number of carbonyl (C=O) groups is 1. The zero-order chi connectivity index (χ0) is 5.86. The standard InChI is InChI=1S/C3H3ClO2.Tl/c1-2(4)3(5)6;/h1H2,(H,5,6);/q;+1/p-1. The van der Waals surface area contributed by atoms with Crippen LogP contribution in [0.1, 0.15) is 0 Å². The van der Waals surface area contributed by atoms with Crippen molar-refractivity contribution in [2.45, 2.75) is 0 Å². The van der Waals surface area contributed by atoms with Crippen LogP contribution < -0.4 is 0 Å². The van der Waals surface area contributed by atoms with Gasteiger partial charge in [-0.1, -0.05) is 0 Å². The third-order valence-corrected chi connectivity index (χ3v) is 1.32. The third-order valence-electron chi connectivity index (χ3n) is 0.329. The van der Waals surface area contributed by atoms with Crippen molar-refractivity contribution < 1.29 is 7.48 Å². The first-order valence-corrected chi connectivity index (χ1v) is 3.65. The summed E-state index contributed by atoms with van der Waals surface area (Å²) in [6, 6.07) is 0. The van der Waals surface area contributed by atoms with Gasteiger partial charge in [-0.2, -0.15) is 0 Å². The zero-order valence-electron chi connectivity index (χ0n) is 3.48. The SMILES string of the molecule is C=C(Cl)C(=O)[O][Tl]. The van der Waals surface area contributed by atoms with E-state index in [4.69, 9.17) is 11.6 Å². The van der Waals surface area contributed by atoms with E-state index in [1.807, 2.05) is 0 Å². The van der Waals surface area contributed by atoms with Crippen LogP contribution in [0.25, 0.3) is 0 Å². The van der Waals surface area contributed by atoms with Crippen LogP contribution >= 0.6 is 11.6 Å². The second kappa shape index (κ2) is 3.43. The number of hydrogen-bond acceptors (Lipinski definition) is 2. The van der Waals surface area contributed by atoms with Gasteiger partial charge in [-0.15, -0.1) is 0 Å². The van der Waals surface area contributed by atoms with E-state index in [0.717, 1.165) is 0 Å². The van der Waals surface area contributed by atoms with Crippen molar-refractivity contribution in [3.8, 4) is 0 Å². The van der Waals surface area contributed by atoms with Crippen molar-refractivity contribution >= 4 is 43.8 Å². The van der Waals surface area contributed by atoms with Gasteiger partial charge in [-0.25, -0.2) is 0 Å². The predicted octanol–water partition coefficient (Wildman–Crippen LogP) is 0.366. The van der Waals surface area contributed by atoms with E-state index >= 15 is 0 Å². The molecule has 4 heteroatoms. The van der Waals surface area contributed by atoms with Gasteiger partial charge < -0.3 is 0 Å². The van der Waals surface area contributed by atoms with E-state index in [2.05, 4.69) is 9.27 Å². The van der Waals surface area contributed by atoms with E-state index in [-0.39, 0.29) is 31.3 Å². The minimum absolute atomic E-state index is 0.0532. The normalized spacial score (nSPS) is 7.43. The van der Waals surface area contributed by atoms with Crippen molar-refractivity contribution in [1.29, 1.82) is 0 Å². The fourth-order valence-electron chi connectivity index (χ4n) is 0.0639. The first-order chi connectivity index (χ1) is 3.18.